The quantitative estimate of drug-likeness (QED) is 0.0458. The van der Waals surface area contributed by atoms with Gasteiger partial charge in [-0.2, -0.15) is 0 Å². The lowest BCUT2D eigenvalue weighted by Crippen LogP contribution is -2.74. The second-order valence-electron chi connectivity index (χ2n) is 17.8. The Labute approximate surface area is 392 Å². The Hall–Kier alpha value is -6.35. The molecule has 0 saturated carbocycles. The van der Waals surface area contributed by atoms with Gasteiger partial charge in [0, 0.05) is 79.8 Å². The lowest BCUT2D eigenvalue weighted by Gasteiger charge is -2.82. The first-order valence-corrected chi connectivity index (χ1v) is 26.7. The molecule has 8 aromatic rings. The van der Waals surface area contributed by atoms with Crippen LogP contribution in [0.1, 0.15) is 79.1 Å². The number of aromatic nitrogens is 8. The molecule has 5 heterocycles. The highest BCUT2D eigenvalue weighted by Gasteiger charge is 2.62. The number of hydrogen-bond acceptors (Lipinski definition) is 10. The molecule has 8 bridgehead atoms. The zero-order valence-corrected chi connectivity index (χ0v) is 39.9. The molecule has 3 aromatic heterocycles. The molecule has 2 aliphatic heterocycles. The number of H-pyrrole nitrogens is 2. The summed E-state index contributed by atoms with van der Waals surface area (Å²) < 4.78 is 17.8. The monoisotopic (exact) mass is 910 g/mol. The molecule has 0 aliphatic carbocycles. The molecule has 344 valence electrons. The van der Waals surface area contributed by atoms with Crippen LogP contribution in [-0.2, 0) is 0 Å². The summed E-state index contributed by atoms with van der Waals surface area (Å²) in [6.45, 7) is 12.0. The maximum atomic E-state index is 5.64. The van der Waals surface area contributed by atoms with Gasteiger partial charge in [0.1, 0.15) is 22.6 Å². The largest absolute Gasteiger partial charge is 0.324 e. The van der Waals surface area contributed by atoms with Gasteiger partial charge in [0.2, 0.25) is 0 Å². The molecule has 0 spiro atoms. The third-order valence-electron chi connectivity index (χ3n) is 13.4. The topological polar surface area (TPSA) is 157 Å². The second-order valence-corrected chi connectivity index (χ2v) is 22.9. The summed E-state index contributed by atoms with van der Waals surface area (Å²) in [6, 6.07) is 42.3. The average Bonchev–Trinajstić information content (AvgIpc) is 4.11. The molecule has 0 atom stereocenters. The summed E-state index contributed by atoms with van der Waals surface area (Å²) >= 11 is 0. The van der Waals surface area contributed by atoms with E-state index in [1.165, 1.54) is 0 Å². The van der Waals surface area contributed by atoms with Crippen LogP contribution in [0, 0.1) is 0 Å². The molecule has 6 N–H and O–H groups in total. The van der Waals surface area contributed by atoms with Gasteiger partial charge < -0.3 is 9.97 Å². The van der Waals surface area contributed by atoms with Crippen molar-refractivity contribution in [3.63, 3.8) is 0 Å². The Morgan fingerprint density at radius 2 is 0.731 bits per heavy atom. The number of benzene rings is 5. The standard InChI is InChI=1S/C54H62N12S/c1-5-9-33-55-67(56-34-10-6-2,57-35-11-7-3,58-36-12-8-4,37-23-14-13-15-24-37)45-32-22-31-44-46(45)54-65-52-43-30-21-20-29-42(43)50(63-52)61-48-39-26-17-16-25-38(39)47(59-48)60-49-40-27-18-19-28-41(40)51(62-49)64-53(44)66-54/h13-32,55-58H,5-12,33-36H2,1-4H3,(H2,59,60,61,62,63,64,65,66). The van der Waals surface area contributed by atoms with Crippen LogP contribution in [0.25, 0.3) is 89.7 Å². The second kappa shape index (κ2) is 18.0. The van der Waals surface area contributed by atoms with Crippen LogP contribution in [0.5, 0.6) is 0 Å². The van der Waals surface area contributed by atoms with Gasteiger partial charge in [-0.05, 0) is 43.9 Å². The minimum absolute atomic E-state index is 0.564. The molecular weight excluding hydrogens is 849 g/mol. The van der Waals surface area contributed by atoms with Gasteiger partial charge in [0.25, 0.3) is 0 Å². The van der Waals surface area contributed by atoms with Crippen molar-refractivity contribution in [2.24, 2.45) is 0 Å². The van der Waals surface area contributed by atoms with Gasteiger partial charge in [-0.3, -0.25) is 18.9 Å². The molecule has 5 aromatic carbocycles. The first kappa shape index (κ1) is 44.5. The summed E-state index contributed by atoms with van der Waals surface area (Å²) in [5, 5.41) is 3.73. The highest BCUT2D eigenvalue weighted by molar-refractivity contribution is 8.59. The fourth-order valence-corrected chi connectivity index (χ4v) is 16.7. The van der Waals surface area contributed by atoms with E-state index < -0.39 is 9.04 Å². The van der Waals surface area contributed by atoms with Crippen molar-refractivity contribution in [2.45, 2.75) is 88.9 Å². The average molecular weight is 911 g/mol. The van der Waals surface area contributed by atoms with Crippen LogP contribution in [0.15, 0.2) is 131 Å². The van der Waals surface area contributed by atoms with E-state index in [-0.39, 0.29) is 0 Å². The first-order chi connectivity index (χ1) is 32.9. The number of aromatic amines is 2. The van der Waals surface area contributed by atoms with Crippen molar-refractivity contribution in [1.82, 2.24) is 58.8 Å². The van der Waals surface area contributed by atoms with Crippen LogP contribution in [0.4, 0.5) is 0 Å². The number of nitrogens with one attached hydrogen (secondary N) is 6. The van der Waals surface area contributed by atoms with E-state index in [1.807, 2.05) is 36.4 Å². The minimum atomic E-state index is -4.58. The maximum absolute atomic E-state index is 5.64. The van der Waals surface area contributed by atoms with Crippen LogP contribution in [0.3, 0.4) is 0 Å². The first-order valence-electron chi connectivity index (χ1n) is 24.3. The zero-order chi connectivity index (χ0) is 45.9. The molecule has 0 unspecified atom stereocenters. The molecule has 0 saturated heterocycles. The molecule has 0 amide bonds. The summed E-state index contributed by atoms with van der Waals surface area (Å²) in [7, 11) is -4.58. The predicted molar refractivity (Wildman–Crippen MR) is 278 cm³/mol. The van der Waals surface area contributed by atoms with Crippen molar-refractivity contribution in [3.05, 3.63) is 121 Å². The molecule has 0 radical (unpaired) electrons. The number of hydrogen-bond donors (Lipinski definition) is 6. The molecule has 2 aliphatic rings. The van der Waals surface area contributed by atoms with Gasteiger partial charge >= 0.3 is 0 Å². The maximum Gasteiger partial charge on any atom is 0.164 e. The molecule has 0 fully saturated rings. The number of unbranched alkanes of at least 4 members (excludes halogenated alkanes) is 4. The van der Waals surface area contributed by atoms with Crippen LogP contribution >= 0.6 is 9.04 Å². The van der Waals surface area contributed by atoms with E-state index in [2.05, 4.69) is 141 Å². The van der Waals surface area contributed by atoms with Crippen molar-refractivity contribution >= 4 is 53.2 Å². The van der Waals surface area contributed by atoms with Gasteiger partial charge in [-0.15, -0.1) is 0 Å². The van der Waals surface area contributed by atoms with Crippen molar-refractivity contribution in [1.29, 1.82) is 0 Å². The summed E-state index contributed by atoms with van der Waals surface area (Å²) in [5.41, 5.74) is 6.24. The zero-order valence-electron chi connectivity index (χ0n) is 39.1. The van der Waals surface area contributed by atoms with Crippen LogP contribution in [-0.4, -0.2) is 66.1 Å². The summed E-state index contributed by atoms with van der Waals surface area (Å²) in [4.78, 5) is 41.7. The van der Waals surface area contributed by atoms with E-state index in [9.17, 15) is 0 Å². The Morgan fingerprint density at radius 1 is 0.373 bits per heavy atom. The fraction of sp³-hybridized carbons (Fsp3) is 0.296. The lowest BCUT2D eigenvalue weighted by atomic mass is 10.1. The molecule has 10 rings (SSSR count). The summed E-state index contributed by atoms with van der Waals surface area (Å²) in [6.07, 6.45) is 8.03. The normalized spacial score (nSPS) is 13.4. The van der Waals surface area contributed by atoms with Crippen molar-refractivity contribution < 1.29 is 0 Å². The van der Waals surface area contributed by atoms with Crippen molar-refractivity contribution in [2.75, 3.05) is 26.2 Å². The fourth-order valence-electron chi connectivity index (χ4n) is 9.94. The van der Waals surface area contributed by atoms with Gasteiger partial charge in [-0.1, -0.05) is 166 Å². The molecule has 67 heavy (non-hydrogen) atoms. The Morgan fingerprint density at radius 3 is 1.16 bits per heavy atom. The number of rotatable bonds is 18. The van der Waals surface area contributed by atoms with E-state index in [1.54, 1.807) is 0 Å². The lowest BCUT2D eigenvalue weighted by molar-refractivity contribution is 0.641. The summed E-state index contributed by atoms with van der Waals surface area (Å²) in [5.74, 6) is 2.28. The highest BCUT2D eigenvalue weighted by atomic mass is 32.4. The van der Waals surface area contributed by atoms with E-state index in [0.717, 1.165) is 131 Å². The highest BCUT2D eigenvalue weighted by Crippen LogP contribution is 2.87. The smallest absolute Gasteiger partial charge is 0.164 e. The Bertz CT molecular complexity index is 3220. The van der Waals surface area contributed by atoms with Crippen LogP contribution < -0.4 is 18.9 Å². The third-order valence-corrected chi connectivity index (χ3v) is 20.0. The number of fused-ring (bicyclic) bond motifs is 20. The third kappa shape index (κ3) is 7.31. The predicted octanol–water partition coefficient (Wildman–Crippen LogP) is 12.4. The van der Waals surface area contributed by atoms with E-state index >= 15 is 0 Å². The van der Waals surface area contributed by atoms with Gasteiger partial charge in [0.05, 0.1) is 0 Å². The van der Waals surface area contributed by atoms with Gasteiger partial charge in [-0.25, -0.2) is 29.9 Å². The number of nitrogens with zero attached hydrogens (tertiary/aromatic N) is 6. The van der Waals surface area contributed by atoms with Gasteiger partial charge in [0.15, 0.2) is 23.3 Å². The van der Waals surface area contributed by atoms with E-state index in [0.29, 0.717) is 45.9 Å². The van der Waals surface area contributed by atoms with Crippen LogP contribution in [0.2, 0.25) is 0 Å². The van der Waals surface area contributed by atoms with Crippen molar-refractivity contribution in [3.8, 4) is 45.6 Å². The Balaban J connectivity index is 1.43. The minimum Gasteiger partial charge on any atom is -0.324 e. The Kier molecular flexibility index (Phi) is 12.0. The molecular formula is C54H62N12S. The molecule has 13 heteroatoms. The molecule has 12 nitrogen and oxygen atoms in total. The SMILES string of the molecule is CCCCNS(NCCCC)(NCCCC)(NCCCC)(c1ccccc1)c1cccc2c3nc4nc(nc5[nH]c(nc6nc(nc([nH]3)c12)-c1ccccc1-6)c1ccccc51)-c1ccccc1-4. The van der Waals surface area contributed by atoms with E-state index in [4.69, 9.17) is 29.9 Å².